The normalized spacial score (nSPS) is 26.4. The Morgan fingerprint density at radius 1 is 1.44 bits per heavy atom. The van der Waals surface area contributed by atoms with Crippen LogP contribution in [0.1, 0.15) is 30.7 Å². The fraction of sp³-hybridized carbons (Fsp3) is 0.750. The molecule has 1 saturated carbocycles. The Kier molecular flexibility index (Phi) is 3.22. The van der Waals surface area contributed by atoms with Gasteiger partial charge in [0.25, 0.3) is 0 Å². The van der Waals surface area contributed by atoms with Gasteiger partial charge in [-0.2, -0.15) is 0 Å². The molecule has 0 amide bonds. The van der Waals surface area contributed by atoms with Crippen LogP contribution < -0.4 is 5.32 Å². The summed E-state index contributed by atoms with van der Waals surface area (Å²) < 4.78 is 0. The van der Waals surface area contributed by atoms with Gasteiger partial charge in [0.05, 0.1) is 6.54 Å². The number of hydrogen-bond acceptors (Lipinski definition) is 4. The minimum Gasteiger partial charge on any atom is -0.312 e. The first-order valence-corrected chi connectivity index (χ1v) is 7.15. The summed E-state index contributed by atoms with van der Waals surface area (Å²) in [5, 5.41) is 6.98. The van der Waals surface area contributed by atoms with Crippen molar-refractivity contribution >= 4 is 11.3 Å². The average molecular weight is 237 g/mol. The number of aromatic nitrogens is 1. The predicted octanol–water partition coefficient (Wildman–Crippen LogP) is 1.86. The molecule has 1 unspecified atom stereocenters. The monoisotopic (exact) mass is 237 g/mol. The van der Waals surface area contributed by atoms with E-state index in [2.05, 4.69) is 20.6 Å². The SMILES string of the molecule is c1csc(CN2CCCC2CNC2CC2)n1. The van der Waals surface area contributed by atoms with E-state index in [0.29, 0.717) is 0 Å². The Labute approximate surface area is 101 Å². The summed E-state index contributed by atoms with van der Waals surface area (Å²) in [6.45, 7) is 3.47. The molecule has 3 rings (SSSR count). The quantitative estimate of drug-likeness (QED) is 0.847. The lowest BCUT2D eigenvalue weighted by atomic mass is 10.2. The van der Waals surface area contributed by atoms with Crippen molar-refractivity contribution in [1.29, 1.82) is 0 Å². The highest BCUT2D eigenvalue weighted by Gasteiger charge is 2.27. The van der Waals surface area contributed by atoms with Crippen LogP contribution >= 0.6 is 11.3 Å². The topological polar surface area (TPSA) is 28.2 Å². The molecule has 1 atom stereocenters. The third-order valence-corrected chi connectivity index (χ3v) is 4.30. The molecule has 16 heavy (non-hydrogen) atoms. The highest BCUT2D eigenvalue weighted by Crippen LogP contribution is 2.23. The third-order valence-electron chi connectivity index (χ3n) is 3.54. The maximum Gasteiger partial charge on any atom is 0.107 e. The van der Waals surface area contributed by atoms with Gasteiger partial charge in [-0.3, -0.25) is 4.90 Å². The number of nitrogens with one attached hydrogen (secondary N) is 1. The molecule has 2 fully saturated rings. The van der Waals surface area contributed by atoms with Crippen LogP contribution in [0.15, 0.2) is 11.6 Å². The summed E-state index contributed by atoms with van der Waals surface area (Å²) >= 11 is 1.78. The summed E-state index contributed by atoms with van der Waals surface area (Å²) in [6.07, 6.45) is 7.39. The summed E-state index contributed by atoms with van der Waals surface area (Å²) in [7, 11) is 0. The number of likely N-dealkylation sites (tertiary alicyclic amines) is 1. The van der Waals surface area contributed by atoms with E-state index in [1.807, 2.05) is 6.20 Å². The molecule has 1 aromatic rings. The van der Waals surface area contributed by atoms with E-state index in [9.17, 15) is 0 Å². The molecule has 0 bridgehead atoms. The Bertz CT molecular complexity index is 321. The fourth-order valence-electron chi connectivity index (χ4n) is 2.43. The largest absolute Gasteiger partial charge is 0.312 e. The van der Waals surface area contributed by atoms with E-state index < -0.39 is 0 Å². The summed E-state index contributed by atoms with van der Waals surface area (Å²) in [4.78, 5) is 6.97. The van der Waals surface area contributed by atoms with Gasteiger partial charge < -0.3 is 5.32 Å². The minimum absolute atomic E-state index is 0.740. The lowest BCUT2D eigenvalue weighted by Gasteiger charge is -2.23. The van der Waals surface area contributed by atoms with E-state index in [1.54, 1.807) is 11.3 Å². The zero-order valence-corrected chi connectivity index (χ0v) is 10.4. The van der Waals surface area contributed by atoms with Crippen molar-refractivity contribution < 1.29 is 0 Å². The molecule has 0 spiro atoms. The number of thiazole rings is 1. The van der Waals surface area contributed by atoms with E-state index >= 15 is 0 Å². The van der Waals surface area contributed by atoms with Crippen molar-refractivity contribution in [2.45, 2.75) is 44.3 Å². The number of hydrogen-bond donors (Lipinski definition) is 1. The molecule has 3 nitrogen and oxygen atoms in total. The molecule has 1 aromatic heterocycles. The standard InChI is InChI=1S/C12H19N3S/c1-2-11(8-14-10-3-4-10)15(6-1)9-12-13-5-7-16-12/h5,7,10-11,14H,1-4,6,8-9H2. The van der Waals surface area contributed by atoms with Gasteiger partial charge in [-0.15, -0.1) is 11.3 Å². The molecule has 1 saturated heterocycles. The van der Waals surface area contributed by atoms with Gasteiger partial charge >= 0.3 is 0 Å². The van der Waals surface area contributed by atoms with Gasteiger partial charge in [-0.05, 0) is 32.2 Å². The van der Waals surface area contributed by atoms with Crippen LogP contribution in [0.5, 0.6) is 0 Å². The van der Waals surface area contributed by atoms with Crippen LogP contribution in [0.2, 0.25) is 0 Å². The molecular weight excluding hydrogens is 218 g/mol. The van der Waals surface area contributed by atoms with Gasteiger partial charge in [0, 0.05) is 30.2 Å². The zero-order chi connectivity index (χ0) is 10.8. The van der Waals surface area contributed by atoms with Crippen LogP contribution in [0.25, 0.3) is 0 Å². The first kappa shape index (κ1) is 10.7. The van der Waals surface area contributed by atoms with Crippen molar-refractivity contribution in [3.05, 3.63) is 16.6 Å². The first-order chi connectivity index (χ1) is 7.92. The van der Waals surface area contributed by atoms with E-state index in [-0.39, 0.29) is 0 Å². The van der Waals surface area contributed by atoms with Crippen molar-refractivity contribution in [3.8, 4) is 0 Å². The van der Waals surface area contributed by atoms with Gasteiger partial charge in [0.1, 0.15) is 5.01 Å². The second kappa shape index (κ2) is 4.82. The Hall–Kier alpha value is -0.450. The van der Waals surface area contributed by atoms with Crippen LogP contribution in [-0.2, 0) is 6.54 Å². The fourth-order valence-corrected chi connectivity index (χ4v) is 3.07. The van der Waals surface area contributed by atoms with Crippen LogP contribution in [0.3, 0.4) is 0 Å². The number of nitrogens with zero attached hydrogens (tertiary/aromatic N) is 2. The molecule has 2 aliphatic rings. The summed E-state index contributed by atoms with van der Waals surface area (Å²) in [5.41, 5.74) is 0. The van der Waals surface area contributed by atoms with Crippen molar-refractivity contribution in [1.82, 2.24) is 15.2 Å². The smallest absolute Gasteiger partial charge is 0.107 e. The lowest BCUT2D eigenvalue weighted by Crippen LogP contribution is -2.38. The van der Waals surface area contributed by atoms with Crippen LogP contribution in [-0.4, -0.2) is 35.1 Å². The van der Waals surface area contributed by atoms with Crippen molar-refractivity contribution in [2.24, 2.45) is 0 Å². The zero-order valence-electron chi connectivity index (χ0n) is 9.56. The molecule has 1 N–H and O–H groups in total. The van der Waals surface area contributed by atoms with Gasteiger partial charge in [-0.1, -0.05) is 0 Å². The molecule has 1 aliphatic heterocycles. The molecule has 0 aromatic carbocycles. The molecule has 0 radical (unpaired) electrons. The van der Waals surface area contributed by atoms with Gasteiger partial charge in [0.15, 0.2) is 0 Å². The van der Waals surface area contributed by atoms with E-state index in [4.69, 9.17) is 0 Å². The minimum atomic E-state index is 0.740. The summed E-state index contributed by atoms with van der Waals surface area (Å²) in [6, 6.07) is 1.58. The maximum atomic E-state index is 4.38. The van der Waals surface area contributed by atoms with Gasteiger partial charge in [0.2, 0.25) is 0 Å². The van der Waals surface area contributed by atoms with Crippen LogP contribution in [0, 0.1) is 0 Å². The second-order valence-corrected chi connectivity index (χ2v) is 5.85. The highest BCUT2D eigenvalue weighted by molar-refractivity contribution is 7.09. The average Bonchev–Trinajstić information content (AvgIpc) is 2.79. The molecular formula is C12H19N3S. The van der Waals surface area contributed by atoms with Crippen molar-refractivity contribution in [3.63, 3.8) is 0 Å². The van der Waals surface area contributed by atoms with E-state index in [1.165, 1.54) is 43.8 Å². The molecule has 88 valence electrons. The Morgan fingerprint density at radius 2 is 2.38 bits per heavy atom. The maximum absolute atomic E-state index is 4.38. The van der Waals surface area contributed by atoms with E-state index in [0.717, 1.165) is 18.6 Å². The second-order valence-electron chi connectivity index (χ2n) is 4.87. The third kappa shape index (κ3) is 2.62. The van der Waals surface area contributed by atoms with Crippen molar-refractivity contribution in [2.75, 3.05) is 13.1 Å². The Balaban J connectivity index is 1.51. The molecule has 2 heterocycles. The lowest BCUT2D eigenvalue weighted by molar-refractivity contribution is 0.238. The predicted molar refractivity (Wildman–Crippen MR) is 66.6 cm³/mol. The first-order valence-electron chi connectivity index (χ1n) is 6.27. The summed E-state index contributed by atoms with van der Waals surface area (Å²) in [5.74, 6) is 0. The highest BCUT2D eigenvalue weighted by atomic mass is 32.1. The molecule has 1 aliphatic carbocycles. The molecule has 4 heteroatoms. The van der Waals surface area contributed by atoms with Gasteiger partial charge in [-0.25, -0.2) is 4.98 Å². The number of rotatable bonds is 5. The van der Waals surface area contributed by atoms with Crippen LogP contribution in [0.4, 0.5) is 0 Å². The Morgan fingerprint density at radius 3 is 3.12 bits per heavy atom.